The molecule has 3 aromatic rings. The molecule has 0 N–H and O–H groups in total. The number of ether oxygens (including phenoxy) is 1. The summed E-state index contributed by atoms with van der Waals surface area (Å²) in [5.74, 6) is 0.969. The Labute approximate surface area is 221 Å². The van der Waals surface area contributed by atoms with Crippen LogP contribution < -0.4 is 9.64 Å². The van der Waals surface area contributed by atoms with E-state index in [1.165, 1.54) is 26.4 Å². The number of benzene rings is 2. The summed E-state index contributed by atoms with van der Waals surface area (Å²) >= 11 is 0. The van der Waals surface area contributed by atoms with Crippen molar-refractivity contribution >= 4 is 15.8 Å². The lowest BCUT2D eigenvalue weighted by Gasteiger charge is -2.35. The van der Waals surface area contributed by atoms with Gasteiger partial charge in [-0.1, -0.05) is 43.9 Å². The van der Waals surface area contributed by atoms with Gasteiger partial charge in [-0.25, -0.2) is 0 Å². The fraction of sp³-hybridized carbons (Fsp3) is 0.483. The molecule has 0 saturated carbocycles. The maximum absolute atomic E-state index is 12.6. The average Bonchev–Trinajstić information content (AvgIpc) is 3.39. The van der Waals surface area contributed by atoms with E-state index in [1.807, 2.05) is 36.0 Å². The third kappa shape index (κ3) is 6.36. The maximum Gasteiger partial charge on any atom is 0.296 e. The largest absolute Gasteiger partial charge is 0.497 e. The molecule has 1 saturated heterocycles. The summed E-state index contributed by atoms with van der Waals surface area (Å²) < 4.78 is 37.6. The van der Waals surface area contributed by atoms with Gasteiger partial charge in [0.1, 0.15) is 5.75 Å². The summed E-state index contributed by atoms with van der Waals surface area (Å²) in [7, 11) is -0.849. The van der Waals surface area contributed by atoms with Gasteiger partial charge in [0.25, 0.3) is 10.1 Å². The number of rotatable bonds is 11. The van der Waals surface area contributed by atoms with Crippen molar-refractivity contribution < 1.29 is 17.3 Å². The molecule has 0 bridgehead atoms. The van der Waals surface area contributed by atoms with Crippen molar-refractivity contribution in [2.75, 3.05) is 32.2 Å². The molecule has 1 aliphatic rings. The van der Waals surface area contributed by atoms with Crippen molar-refractivity contribution in [1.29, 1.82) is 0 Å². The van der Waals surface area contributed by atoms with Crippen LogP contribution in [-0.2, 0) is 20.8 Å². The first kappa shape index (κ1) is 27.2. The zero-order valence-corrected chi connectivity index (χ0v) is 23.3. The van der Waals surface area contributed by atoms with Crippen molar-refractivity contribution in [1.82, 2.24) is 9.78 Å². The zero-order valence-electron chi connectivity index (χ0n) is 22.4. The predicted molar refractivity (Wildman–Crippen MR) is 148 cm³/mol. The van der Waals surface area contributed by atoms with E-state index in [1.54, 1.807) is 13.2 Å². The zero-order chi connectivity index (χ0) is 26.4. The fourth-order valence-corrected chi connectivity index (χ4v) is 6.13. The minimum absolute atomic E-state index is 0.149. The average molecular weight is 526 g/mol. The lowest BCUT2D eigenvalue weighted by molar-refractivity contribution is 0.395. The molecule has 0 unspecified atom stereocenters. The summed E-state index contributed by atoms with van der Waals surface area (Å²) in [6.07, 6.45) is 10.6. The van der Waals surface area contributed by atoms with E-state index in [0.717, 1.165) is 72.6 Å². The Morgan fingerprint density at radius 1 is 1.03 bits per heavy atom. The molecule has 0 aliphatic carbocycles. The fourth-order valence-electron chi connectivity index (χ4n) is 5.21. The Morgan fingerprint density at radius 2 is 1.81 bits per heavy atom. The van der Waals surface area contributed by atoms with Gasteiger partial charge < -0.3 is 9.64 Å². The first-order valence-electron chi connectivity index (χ1n) is 13.2. The molecular formula is C29H39N3O4S. The number of anilines is 1. The molecule has 4 rings (SSSR count). The molecule has 2 heterocycles. The Kier molecular flexibility index (Phi) is 8.92. The van der Waals surface area contributed by atoms with E-state index >= 15 is 0 Å². The number of aromatic nitrogens is 2. The minimum atomic E-state index is -3.76. The second kappa shape index (κ2) is 12.1. The van der Waals surface area contributed by atoms with Gasteiger partial charge in [0, 0.05) is 48.7 Å². The second-order valence-electron chi connectivity index (χ2n) is 9.86. The molecule has 0 atom stereocenters. The van der Waals surface area contributed by atoms with Gasteiger partial charge in [-0.15, -0.1) is 0 Å². The first-order chi connectivity index (χ1) is 17.9. The van der Waals surface area contributed by atoms with Crippen LogP contribution in [0.15, 0.2) is 53.7 Å². The molecule has 1 aromatic heterocycles. The van der Waals surface area contributed by atoms with Crippen LogP contribution in [0.3, 0.4) is 0 Å². The normalized spacial score (nSPS) is 14.8. The van der Waals surface area contributed by atoms with Crippen LogP contribution in [0.1, 0.15) is 62.5 Å². The van der Waals surface area contributed by atoms with Crippen molar-refractivity contribution in [3.8, 4) is 16.9 Å². The summed E-state index contributed by atoms with van der Waals surface area (Å²) in [6, 6.07) is 11.7. The first-order valence-corrected chi connectivity index (χ1v) is 14.6. The van der Waals surface area contributed by atoms with Crippen LogP contribution >= 0.6 is 0 Å². The summed E-state index contributed by atoms with van der Waals surface area (Å²) in [4.78, 5) is 2.67. The SMILES string of the molecule is CCCCCCn1cc(-c2ccc(OC)cc2N2CCC(c3cc(C)ccc3S(=O)(=O)OC)CC2)cn1. The van der Waals surface area contributed by atoms with Crippen LogP contribution in [0, 0.1) is 6.92 Å². The number of hydrogen-bond donors (Lipinski definition) is 0. The topological polar surface area (TPSA) is 73.7 Å². The molecule has 1 fully saturated rings. The molecule has 2 aromatic carbocycles. The van der Waals surface area contributed by atoms with Crippen molar-refractivity contribution in [3.05, 3.63) is 59.9 Å². The van der Waals surface area contributed by atoms with Crippen LogP contribution in [0.2, 0.25) is 0 Å². The number of methoxy groups -OCH3 is 1. The molecular weight excluding hydrogens is 486 g/mol. The molecule has 8 heteroatoms. The highest BCUT2D eigenvalue weighted by Gasteiger charge is 2.28. The Balaban J connectivity index is 1.55. The van der Waals surface area contributed by atoms with Gasteiger partial charge in [-0.3, -0.25) is 8.86 Å². The molecule has 1 aliphatic heterocycles. The molecule has 0 radical (unpaired) electrons. The van der Waals surface area contributed by atoms with Crippen molar-refractivity contribution in [3.63, 3.8) is 0 Å². The quantitative estimate of drug-likeness (QED) is 0.220. The van der Waals surface area contributed by atoms with E-state index in [9.17, 15) is 8.42 Å². The van der Waals surface area contributed by atoms with Crippen LogP contribution in [-0.4, -0.2) is 45.5 Å². The molecule has 200 valence electrons. The molecule has 7 nitrogen and oxygen atoms in total. The lowest BCUT2D eigenvalue weighted by atomic mass is 9.88. The number of unbranched alkanes of at least 4 members (excludes halogenated alkanes) is 3. The number of nitrogens with zero attached hydrogens (tertiary/aromatic N) is 3. The van der Waals surface area contributed by atoms with Gasteiger partial charge >= 0.3 is 0 Å². The third-order valence-electron chi connectivity index (χ3n) is 7.32. The number of aryl methyl sites for hydroxylation is 2. The highest BCUT2D eigenvalue weighted by atomic mass is 32.2. The van der Waals surface area contributed by atoms with E-state index < -0.39 is 10.1 Å². The van der Waals surface area contributed by atoms with Gasteiger partial charge in [-0.05, 0) is 55.9 Å². The van der Waals surface area contributed by atoms with Crippen molar-refractivity contribution in [2.45, 2.75) is 69.7 Å². The third-order valence-corrected chi connectivity index (χ3v) is 8.67. The van der Waals surface area contributed by atoms with E-state index in [2.05, 4.69) is 35.3 Å². The summed E-state index contributed by atoms with van der Waals surface area (Å²) in [5, 5.41) is 4.62. The van der Waals surface area contributed by atoms with E-state index in [0.29, 0.717) is 0 Å². The van der Waals surface area contributed by atoms with Gasteiger partial charge in [0.2, 0.25) is 0 Å². The smallest absolute Gasteiger partial charge is 0.296 e. The Morgan fingerprint density at radius 3 is 2.51 bits per heavy atom. The van der Waals surface area contributed by atoms with Crippen LogP contribution in [0.4, 0.5) is 5.69 Å². The Bertz CT molecular complexity index is 1290. The number of hydrogen-bond acceptors (Lipinski definition) is 6. The minimum Gasteiger partial charge on any atom is -0.497 e. The Hall–Kier alpha value is -2.84. The van der Waals surface area contributed by atoms with E-state index in [4.69, 9.17) is 8.92 Å². The van der Waals surface area contributed by atoms with Gasteiger partial charge in [0.15, 0.2) is 0 Å². The molecule has 37 heavy (non-hydrogen) atoms. The van der Waals surface area contributed by atoms with E-state index in [-0.39, 0.29) is 10.8 Å². The van der Waals surface area contributed by atoms with Gasteiger partial charge in [0.05, 0.1) is 25.3 Å². The van der Waals surface area contributed by atoms with Crippen molar-refractivity contribution in [2.24, 2.45) is 0 Å². The second-order valence-corrected chi connectivity index (χ2v) is 11.5. The monoisotopic (exact) mass is 525 g/mol. The molecule has 0 spiro atoms. The summed E-state index contributed by atoms with van der Waals surface area (Å²) in [5.41, 5.74) is 5.27. The maximum atomic E-state index is 12.6. The highest BCUT2D eigenvalue weighted by Crippen LogP contribution is 2.39. The standard InChI is InChI=1S/C29H39N3O4S/c1-5-6-7-8-15-32-21-24(20-30-32)26-11-10-25(35-3)19-28(26)31-16-13-23(14-17-31)27-18-22(2)9-12-29(27)37(33,34)36-4/h9-12,18-21,23H,5-8,13-17H2,1-4H3. The molecule has 0 amide bonds. The lowest BCUT2D eigenvalue weighted by Crippen LogP contribution is -2.33. The predicted octanol–water partition coefficient (Wildman–Crippen LogP) is 6.17. The van der Waals surface area contributed by atoms with Gasteiger partial charge in [-0.2, -0.15) is 13.5 Å². The summed E-state index contributed by atoms with van der Waals surface area (Å²) in [6.45, 7) is 6.78. The highest BCUT2D eigenvalue weighted by molar-refractivity contribution is 7.86. The van der Waals surface area contributed by atoms with Crippen LogP contribution in [0.5, 0.6) is 5.75 Å². The van der Waals surface area contributed by atoms with Crippen LogP contribution in [0.25, 0.3) is 11.1 Å². The number of piperidine rings is 1.